The maximum Gasteiger partial charge on any atom is 0.431 e. The van der Waals surface area contributed by atoms with Crippen LogP contribution in [0.3, 0.4) is 0 Å². The van der Waals surface area contributed by atoms with Crippen LogP contribution in [0.1, 0.15) is 26.3 Å². The molecule has 0 saturated heterocycles. The molecule has 0 radical (unpaired) electrons. The van der Waals surface area contributed by atoms with E-state index in [-0.39, 0.29) is 6.10 Å². The fraction of sp³-hybridized carbons (Fsp3) is 0.357. The molecular weight excluding hydrogens is 230 g/mol. The van der Waals surface area contributed by atoms with E-state index in [1.807, 2.05) is 30.3 Å². The SMILES string of the molecule is CC(C)OC(=O)NOC(C)C#Cc1ccccc1. The summed E-state index contributed by atoms with van der Waals surface area (Å²) in [6.45, 7) is 5.27. The van der Waals surface area contributed by atoms with E-state index in [2.05, 4.69) is 17.3 Å². The molecule has 1 amide bonds. The number of amides is 1. The Labute approximate surface area is 107 Å². The highest BCUT2D eigenvalue weighted by atomic mass is 16.7. The lowest BCUT2D eigenvalue weighted by Gasteiger charge is -2.10. The minimum atomic E-state index is -0.613. The van der Waals surface area contributed by atoms with E-state index in [4.69, 9.17) is 9.57 Å². The minimum Gasteiger partial charge on any atom is -0.445 e. The summed E-state index contributed by atoms with van der Waals surface area (Å²) in [6.07, 6.45) is -1.21. The highest BCUT2D eigenvalue weighted by Crippen LogP contribution is 1.96. The van der Waals surface area contributed by atoms with Crippen molar-refractivity contribution in [3.8, 4) is 11.8 Å². The van der Waals surface area contributed by atoms with Crippen LogP contribution < -0.4 is 5.48 Å². The van der Waals surface area contributed by atoms with E-state index >= 15 is 0 Å². The van der Waals surface area contributed by atoms with Crippen molar-refractivity contribution in [2.45, 2.75) is 33.0 Å². The molecule has 1 rings (SSSR count). The molecule has 0 spiro atoms. The lowest BCUT2D eigenvalue weighted by Crippen LogP contribution is -2.30. The first kappa shape index (κ1) is 14.1. The molecule has 1 atom stereocenters. The lowest BCUT2D eigenvalue weighted by atomic mass is 10.2. The fourth-order valence-corrected chi connectivity index (χ4v) is 1.11. The Morgan fingerprint density at radius 3 is 2.50 bits per heavy atom. The minimum absolute atomic E-state index is 0.181. The Hall–Kier alpha value is -1.99. The molecule has 0 aliphatic carbocycles. The van der Waals surface area contributed by atoms with Gasteiger partial charge in [-0.3, -0.25) is 4.84 Å². The predicted molar refractivity (Wildman–Crippen MR) is 68.6 cm³/mol. The van der Waals surface area contributed by atoms with Crippen LogP contribution in [0.4, 0.5) is 4.79 Å². The summed E-state index contributed by atoms with van der Waals surface area (Å²) >= 11 is 0. The molecule has 4 nitrogen and oxygen atoms in total. The van der Waals surface area contributed by atoms with Crippen LogP contribution in [-0.4, -0.2) is 18.3 Å². The van der Waals surface area contributed by atoms with Gasteiger partial charge in [0.2, 0.25) is 0 Å². The van der Waals surface area contributed by atoms with Crippen molar-refractivity contribution in [1.82, 2.24) is 5.48 Å². The molecule has 96 valence electrons. The first-order valence-electron chi connectivity index (χ1n) is 5.77. The highest BCUT2D eigenvalue weighted by Gasteiger charge is 2.06. The Morgan fingerprint density at radius 1 is 1.22 bits per heavy atom. The third-order valence-electron chi connectivity index (χ3n) is 1.86. The molecule has 0 aliphatic heterocycles. The number of benzene rings is 1. The van der Waals surface area contributed by atoms with E-state index in [9.17, 15) is 4.79 Å². The Balaban J connectivity index is 2.36. The van der Waals surface area contributed by atoms with Gasteiger partial charge in [0.15, 0.2) is 0 Å². The molecule has 1 N–H and O–H groups in total. The second kappa shape index (κ2) is 7.36. The van der Waals surface area contributed by atoms with Gasteiger partial charge in [-0.25, -0.2) is 4.79 Å². The summed E-state index contributed by atoms with van der Waals surface area (Å²) in [7, 11) is 0. The number of hydrogen-bond donors (Lipinski definition) is 1. The van der Waals surface area contributed by atoms with E-state index < -0.39 is 12.2 Å². The smallest absolute Gasteiger partial charge is 0.431 e. The van der Waals surface area contributed by atoms with Crippen molar-refractivity contribution in [1.29, 1.82) is 0 Å². The molecule has 0 heterocycles. The van der Waals surface area contributed by atoms with Gasteiger partial charge in [-0.15, -0.1) is 0 Å². The molecule has 1 aromatic carbocycles. The fourth-order valence-electron chi connectivity index (χ4n) is 1.11. The number of nitrogens with one attached hydrogen (secondary N) is 1. The van der Waals surface area contributed by atoms with Crippen molar-refractivity contribution in [2.75, 3.05) is 0 Å². The van der Waals surface area contributed by atoms with Crippen LogP contribution >= 0.6 is 0 Å². The maximum absolute atomic E-state index is 11.1. The molecule has 4 heteroatoms. The molecule has 0 bridgehead atoms. The van der Waals surface area contributed by atoms with Gasteiger partial charge in [0.05, 0.1) is 6.10 Å². The third-order valence-corrected chi connectivity index (χ3v) is 1.86. The van der Waals surface area contributed by atoms with Gasteiger partial charge in [0, 0.05) is 5.56 Å². The Kier molecular flexibility index (Phi) is 5.75. The van der Waals surface area contributed by atoms with E-state index in [0.717, 1.165) is 5.56 Å². The van der Waals surface area contributed by atoms with Gasteiger partial charge in [-0.2, -0.15) is 5.48 Å². The quantitative estimate of drug-likeness (QED) is 0.659. The number of carbonyl (C=O) groups excluding carboxylic acids is 1. The average molecular weight is 247 g/mol. The number of ether oxygens (including phenoxy) is 1. The van der Waals surface area contributed by atoms with Gasteiger partial charge >= 0.3 is 6.09 Å². The van der Waals surface area contributed by atoms with Crippen LogP contribution in [0.5, 0.6) is 0 Å². The van der Waals surface area contributed by atoms with Crippen molar-refractivity contribution < 1.29 is 14.4 Å². The average Bonchev–Trinajstić information content (AvgIpc) is 2.34. The molecule has 0 aromatic heterocycles. The Bertz CT molecular complexity index is 431. The molecule has 18 heavy (non-hydrogen) atoms. The lowest BCUT2D eigenvalue weighted by molar-refractivity contribution is 0.000704. The third kappa shape index (κ3) is 5.92. The molecule has 0 fully saturated rings. The summed E-state index contributed by atoms with van der Waals surface area (Å²) in [5.41, 5.74) is 3.09. The van der Waals surface area contributed by atoms with E-state index in [1.54, 1.807) is 20.8 Å². The van der Waals surface area contributed by atoms with Crippen molar-refractivity contribution in [3.63, 3.8) is 0 Å². The zero-order chi connectivity index (χ0) is 13.4. The van der Waals surface area contributed by atoms with Crippen molar-refractivity contribution >= 4 is 6.09 Å². The molecule has 1 aromatic rings. The van der Waals surface area contributed by atoms with Crippen LogP contribution in [0, 0.1) is 11.8 Å². The Morgan fingerprint density at radius 2 is 1.89 bits per heavy atom. The standard InChI is InChI=1S/C14H17NO3/c1-11(2)17-14(16)15-18-12(3)9-10-13-7-5-4-6-8-13/h4-8,11-12H,1-3H3,(H,15,16). The summed E-state index contributed by atoms with van der Waals surface area (Å²) < 4.78 is 4.84. The topological polar surface area (TPSA) is 47.6 Å². The van der Waals surface area contributed by atoms with Crippen LogP contribution in [-0.2, 0) is 9.57 Å². The van der Waals surface area contributed by atoms with Crippen LogP contribution in [0.25, 0.3) is 0 Å². The maximum atomic E-state index is 11.1. The molecule has 0 saturated carbocycles. The first-order chi connectivity index (χ1) is 8.58. The zero-order valence-electron chi connectivity index (χ0n) is 10.8. The summed E-state index contributed by atoms with van der Waals surface area (Å²) in [5.74, 6) is 5.81. The van der Waals surface area contributed by atoms with Gasteiger partial charge in [-0.1, -0.05) is 30.0 Å². The number of hydroxylamine groups is 1. The number of rotatable bonds is 3. The second-order valence-corrected chi connectivity index (χ2v) is 3.95. The molecule has 0 aliphatic rings. The highest BCUT2D eigenvalue weighted by molar-refractivity contribution is 5.65. The largest absolute Gasteiger partial charge is 0.445 e. The van der Waals surface area contributed by atoms with E-state index in [0.29, 0.717) is 0 Å². The first-order valence-corrected chi connectivity index (χ1v) is 5.77. The van der Waals surface area contributed by atoms with Gasteiger partial charge in [0.1, 0.15) is 6.10 Å². The van der Waals surface area contributed by atoms with Gasteiger partial charge < -0.3 is 4.74 Å². The number of carbonyl (C=O) groups is 1. The van der Waals surface area contributed by atoms with Crippen LogP contribution in [0.2, 0.25) is 0 Å². The normalized spacial score (nSPS) is 11.3. The summed E-state index contributed by atoms with van der Waals surface area (Å²) in [4.78, 5) is 16.2. The van der Waals surface area contributed by atoms with E-state index in [1.165, 1.54) is 0 Å². The molecule has 1 unspecified atom stereocenters. The second-order valence-electron chi connectivity index (χ2n) is 3.95. The van der Waals surface area contributed by atoms with Crippen LogP contribution in [0.15, 0.2) is 30.3 Å². The zero-order valence-corrected chi connectivity index (χ0v) is 10.8. The van der Waals surface area contributed by atoms with Crippen molar-refractivity contribution in [2.24, 2.45) is 0 Å². The van der Waals surface area contributed by atoms with Gasteiger partial charge in [0.25, 0.3) is 0 Å². The van der Waals surface area contributed by atoms with Gasteiger partial charge in [-0.05, 0) is 32.9 Å². The monoisotopic (exact) mass is 247 g/mol. The molecular formula is C14H17NO3. The predicted octanol–water partition coefficient (Wildman–Crippen LogP) is 2.49. The summed E-state index contributed by atoms with van der Waals surface area (Å²) in [5, 5.41) is 0. The number of hydrogen-bond acceptors (Lipinski definition) is 3. The van der Waals surface area contributed by atoms with Crippen molar-refractivity contribution in [3.05, 3.63) is 35.9 Å². The summed E-state index contributed by atoms with van der Waals surface area (Å²) in [6, 6.07) is 9.55.